The zero-order valence-corrected chi connectivity index (χ0v) is 6.83. The summed E-state index contributed by atoms with van der Waals surface area (Å²) >= 11 is 0. The SMILES string of the molecule is CC(C)=O.[Bi]. The van der Waals surface area contributed by atoms with Crippen molar-refractivity contribution in [1.29, 1.82) is 0 Å². The molecule has 0 bridgehead atoms. The van der Waals surface area contributed by atoms with Gasteiger partial charge in [-0.3, -0.25) is 0 Å². The van der Waals surface area contributed by atoms with E-state index in [9.17, 15) is 4.79 Å². The van der Waals surface area contributed by atoms with Gasteiger partial charge in [0.05, 0.1) is 0 Å². The van der Waals surface area contributed by atoms with E-state index in [1.807, 2.05) is 0 Å². The Morgan fingerprint density at radius 1 is 1.40 bits per heavy atom. The van der Waals surface area contributed by atoms with Gasteiger partial charge in [-0.1, -0.05) is 0 Å². The van der Waals surface area contributed by atoms with Crippen molar-refractivity contribution in [1.82, 2.24) is 0 Å². The first-order valence-corrected chi connectivity index (χ1v) is 1.20. The molecule has 5 heavy (non-hydrogen) atoms. The molecule has 0 aromatic heterocycles. The fourth-order valence-corrected chi connectivity index (χ4v) is 0. The summed E-state index contributed by atoms with van der Waals surface area (Å²) in [4.78, 5) is 9.44. The number of Topliss-reactive ketones (excluding diaryl/α,β-unsaturated/α-hetero) is 1. The van der Waals surface area contributed by atoms with E-state index >= 15 is 0 Å². The van der Waals surface area contributed by atoms with Crippen LogP contribution in [0.1, 0.15) is 13.8 Å². The van der Waals surface area contributed by atoms with Gasteiger partial charge in [0.15, 0.2) is 0 Å². The van der Waals surface area contributed by atoms with Crippen molar-refractivity contribution in [2.75, 3.05) is 0 Å². The maximum Gasteiger partial charge on any atom is 0.126 e. The van der Waals surface area contributed by atoms with Crippen molar-refractivity contribution in [2.45, 2.75) is 13.8 Å². The van der Waals surface area contributed by atoms with Crippen LogP contribution in [0.4, 0.5) is 0 Å². The normalized spacial score (nSPS) is 5.20. The van der Waals surface area contributed by atoms with Crippen LogP contribution in [0.5, 0.6) is 0 Å². The predicted octanol–water partition coefficient (Wildman–Crippen LogP) is 0.214. The molecule has 29 valence electrons. The number of hydrogen-bond donors (Lipinski definition) is 0. The summed E-state index contributed by atoms with van der Waals surface area (Å²) in [6.07, 6.45) is 0. The predicted molar refractivity (Wildman–Crippen MR) is 22.1 cm³/mol. The van der Waals surface area contributed by atoms with Crippen LogP contribution in [0.25, 0.3) is 0 Å². The average molecular weight is 267 g/mol. The van der Waals surface area contributed by atoms with E-state index < -0.39 is 0 Å². The standard InChI is InChI=1S/C3H6O.Bi/c1-3(2)4;/h1-2H3;. The molecule has 0 N–H and O–H groups in total. The smallest absolute Gasteiger partial charge is 0.126 e. The Labute approximate surface area is 50.9 Å². The largest absolute Gasteiger partial charge is 0.300 e. The summed E-state index contributed by atoms with van der Waals surface area (Å²) < 4.78 is 0. The van der Waals surface area contributed by atoms with Gasteiger partial charge >= 0.3 is 0 Å². The fraction of sp³-hybridized carbons (Fsp3) is 0.667. The topological polar surface area (TPSA) is 17.1 Å². The van der Waals surface area contributed by atoms with Crippen molar-refractivity contribution >= 4 is 32.0 Å². The number of ketones is 1. The molecule has 3 radical (unpaired) electrons. The summed E-state index contributed by atoms with van der Waals surface area (Å²) in [6, 6.07) is 0. The molecule has 0 fully saturated rings. The third kappa shape index (κ3) is 97.0. The Morgan fingerprint density at radius 3 is 1.40 bits per heavy atom. The van der Waals surface area contributed by atoms with Crippen LogP contribution >= 0.6 is 0 Å². The molecule has 0 aliphatic heterocycles. The third-order valence-corrected chi connectivity index (χ3v) is 0. The minimum Gasteiger partial charge on any atom is -0.300 e. The van der Waals surface area contributed by atoms with Gasteiger partial charge in [0.1, 0.15) is 5.78 Å². The Balaban J connectivity index is 0. The van der Waals surface area contributed by atoms with Crippen molar-refractivity contribution in [3.63, 3.8) is 0 Å². The maximum absolute atomic E-state index is 9.44. The molecule has 1 nitrogen and oxygen atoms in total. The summed E-state index contributed by atoms with van der Waals surface area (Å²) in [5, 5.41) is 0. The Kier molecular flexibility index (Phi) is 8.30. The van der Waals surface area contributed by atoms with Crippen LogP contribution < -0.4 is 0 Å². The molecule has 0 unspecified atom stereocenters. The summed E-state index contributed by atoms with van der Waals surface area (Å²) in [6.45, 7) is 3.06. The van der Waals surface area contributed by atoms with E-state index in [1.54, 1.807) is 0 Å². The Hall–Kier alpha value is 0.553. The number of carbonyl (C=O) groups is 1. The summed E-state index contributed by atoms with van der Waals surface area (Å²) in [5.41, 5.74) is 0. The van der Waals surface area contributed by atoms with Gasteiger partial charge in [-0.2, -0.15) is 0 Å². The number of rotatable bonds is 0. The van der Waals surface area contributed by atoms with Crippen LogP contribution in [-0.2, 0) is 4.79 Å². The van der Waals surface area contributed by atoms with E-state index in [0.29, 0.717) is 0 Å². The van der Waals surface area contributed by atoms with Crippen LogP contribution in [0.3, 0.4) is 0 Å². The number of hydrogen-bond acceptors (Lipinski definition) is 1. The van der Waals surface area contributed by atoms with Crippen molar-refractivity contribution in [3.05, 3.63) is 0 Å². The molecular formula is C3H6BiO. The van der Waals surface area contributed by atoms with Gasteiger partial charge in [0.2, 0.25) is 0 Å². The first-order chi connectivity index (χ1) is 1.73. The zero-order chi connectivity index (χ0) is 3.58. The molecule has 0 aliphatic rings. The molecule has 0 saturated carbocycles. The van der Waals surface area contributed by atoms with E-state index in [2.05, 4.69) is 0 Å². The minimum atomic E-state index is 0. The Bertz CT molecular complexity index is 29.9. The van der Waals surface area contributed by atoms with Gasteiger partial charge in [-0.15, -0.1) is 0 Å². The minimum absolute atomic E-state index is 0. The third-order valence-electron chi connectivity index (χ3n) is 0. The molecule has 0 aliphatic carbocycles. The van der Waals surface area contributed by atoms with E-state index in [0.717, 1.165) is 0 Å². The molecule has 0 heterocycles. The first kappa shape index (κ1) is 9.12. The first-order valence-electron chi connectivity index (χ1n) is 1.20. The second kappa shape index (κ2) is 4.55. The monoisotopic (exact) mass is 267 g/mol. The Morgan fingerprint density at radius 2 is 1.40 bits per heavy atom. The molecule has 0 rings (SSSR count). The van der Waals surface area contributed by atoms with Crippen molar-refractivity contribution < 1.29 is 4.79 Å². The molecule has 2 heteroatoms. The second-order valence-corrected chi connectivity index (χ2v) is 0.908. The van der Waals surface area contributed by atoms with Gasteiger partial charge in [0.25, 0.3) is 0 Å². The van der Waals surface area contributed by atoms with E-state index in [-0.39, 0.29) is 32.0 Å². The molecule has 0 amide bonds. The van der Waals surface area contributed by atoms with Crippen LogP contribution in [0.15, 0.2) is 0 Å². The van der Waals surface area contributed by atoms with Gasteiger partial charge in [-0.25, -0.2) is 0 Å². The zero-order valence-electron chi connectivity index (χ0n) is 3.36. The number of carbonyl (C=O) groups excluding carboxylic acids is 1. The molecule has 0 aromatic rings. The van der Waals surface area contributed by atoms with Crippen molar-refractivity contribution in [2.24, 2.45) is 0 Å². The molecule has 0 saturated heterocycles. The quantitative estimate of drug-likeness (QED) is 0.574. The van der Waals surface area contributed by atoms with Crippen LogP contribution in [0, 0.1) is 0 Å². The molecule has 0 spiro atoms. The van der Waals surface area contributed by atoms with Gasteiger partial charge < -0.3 is 4.79 Å². The van der Waals surface area contributed by atoms with Crippen LogP contribution in [0.2, 0.25) is 0 Å². The van der Waals surface area contributed by atoms with Crippen molar-refractivity contribution in [3.8, 4) is 0 Å². The second-order valence-electron chi connectivity index (χ2n) is 0.908. The average Bonchev–Trinajstić information content (AvgIpc) is 0.811. The molecule has 0 atom stereocenters. The molecule has 0 aromatic carbocycles. The summed E-state index contributed by atoms with van der Waals surface area (Å²) in [7, 11) is 0. The van der Waals surface area contributed by atoms with Gasteiger partial charge in [-0.05, 0) is 13.8 Å². The maximum atomic E-state index is 9.44. The van der Waals surface area contributed by atoms with Crippen LogP contribution in [-0.4, -0.2) is 32.0 Å². The summed E-state index contributed by atoms with van der Waals surface area (Å²) in [5.74, 6) is 0.167. The van der Waals surface area contributed by atoms with Gasteiger partial charge in [0, 0.05) is 26.2 Å². The van der Waals surface area contributed by atoms with E-state index in [4.69, 9.17) is 0 Å². The molecular weight excluding hydrogens is 261 g/mol. The fourth-order valence-electron chi connectivity index (χ4n) is 0. The van der Waals surface area contributed by atoms with E-state index in [1.165, 1.54) is 13.8 Å².